The second kappa shape index (κ2) is 14.5. The average Bonchev–Trinajstić information content (AvgIpc) is 3.36. The van der Waals surface area contributed by atoms with Crippen LogP contribution in [0.2, 0.25) is 0 Å². The number of carbonyl (C=O) groups excluding carboxylic acids is 2. The minimum atomic E-state index is -0.183. The first-order valence-corrected chi connectivity index (χ1v) is 14.1. The van der Waals surface area contributed by atoms with Crippen LogP contribution in [0.4, 0.5) is 17.2 Å². The fourth-order valence-electron chi connectivity index (χ4n) is 5.29. The monoisotopic (exact) mass is 572 g/mol. The summed E-state index contributed by atoms with van der Waals surface area (Å²) in [7, 11) is 7.24. The number of ether oxygens (including phenoxy) is 1. The van der Waals surface area contributed by atoms with Crippen LogP contribution in [-0.2, 0) is 11.8 Å². The lowest BCUT2D eigenvalue weighted by atomic mass is 9.89. The van der Waals surface area contributed by atoms with Crippen molar-refractivity contribution in [3.63, 3.8) is 0 Å². The molecule has 1 saturated heterocycles. The van der Waals surface area contributed by atoms with Gasteiger partial charge in [0.05, 0.1) is 19.2 Å². The predicted molar refractivity (Wildman–Crippen MR) is 167 cm³/mol. The minimum Gasteiger partial charge on any atom is -0.495 e. The van der Waals surface area contributed by atoms with Crippen LogP contribution in [0, 0.1) is 0 Å². The molecule has 2 amide bonds. The number of hydrogen-bond acceptors (Lipinski definition) is 7. The van der Waals surface area contributed by atoms with E-state index in [-0.39, 0.29) is 12.5 Å². The molecule has 42 heavy (non-hydrogen) atoms. The molecular formula is C32H40N6O4. The zero-order valence-corrected chi connectivity index (χ0v) is 24.7. The average molecular weight is 573 g/mol. The summed E-state index contributed by atoms with van der Waals surface area (Å²) in [6, 6.07) is 18.0. The molecule has 0 radical (unpaired) electrons. The molecule has 0 aliphatic carbocycles. The van der Waals surface area contributed by atoms with Crippen molar-refractivity contribution in [1.82, 2.24) is 19.8 Å². The highest BCUT2D eigenvalue weighted by Crippen LogP contribution is 2.33. The summed E-state index contributed by atoms with van der Waals surface area (Å²) < 4.78 is 7.59. The van der Waals surface area contributed by atoms with Gasteiger partial charge in [-0.1, -0.05) is 12.1 Å². The first kappa shape index (κ1) is 30.5. The van der Waals surface area contributed by atoms with Crippen molar-refractivity contribution in [2.45, 2.75) is 18.8 Å². The van der Waals surface area contributed by atoms with Crippen LogP contribution in [-0.4, -0.2) is 79.3 Å². The molecule has 0 spiro atoms. The summed E-state index contributed by atoms with van der Waals surface area (Å²) in [6.45, 7) is 2.95. The first-order valence-electron chi connectivity index (χ1n) is 14.1. The van der Waals surface area contributed by atoms with Crippen LogP contribution in [0.1, 0.15) is 34.7 Å². The smallest absolute Gasteiger partial charge is 0.256 e. The Morgan fingerprint density at radius 2 is 1.81 bits per heavy atom. The van der Waals surface area contributed by atoms with E-state index < -0.39 is 0 Å². The van der Waals surface area contributed by atoms with Gasteiger partial charge in [0.1, 0.15) is 11.6 Å². The molecule has 4 aromatic rings. The Kier molecular flexibility index (Phi) is 10.5. The Bertz CT molecular complexity index is 1480. The molecule has 3 N–H and O–H groups in total. The van der Waals surface area contributed by atoms with Gasteiger partial charge in [-0.05, 0) is 73.8 Å². The van der Waals surface area contributed by atoms with E-state index in [4.69, 9.17) is 14.6 Å². The fourth-order valence-corrected chi connectivity index (χ4v) is 5.29. The molecule has 1 fully saturated rings. The van der Waals surface area contributed by atoms with Gasteiger partial charge in [0.25, 0.3) is 5.91 Å². The normalized spacial score (nSPS) is 13.6. The van der Waals surface area contributed by atoms with Gasteiger partial charge in [-0.15, -0.1) is 0 Å². The zero-order valence-electron chi connectivity index (χ0n) is 24.7. The number of carbonyl (C=O) groups is 2. The number of β-amino-alcohol motifs (C(OH)–C–C–N with tert-alkyl or cyclic N) is 1. The number of methoxy groups -OCH3 is 1. The molecule has 5 rings (SSSR count). The Morgan fingerprint density at radius 3 is 2.45 bits per heavy atom. The van der Waals surface area contributed by atoms with Gasteiger partial charge >= 0.3 is 0 Å². The number of aliphatic hydroxyl groups is 1. The number of nitrogens with zero attached hydrogens (tertiary/aromatic N) is 4. The number of pyridine rings is 1. The third-order valence-electron chi connectivity index (χ3n) is 7.68. The van der Waals surface area contributed by atoms with E-state index in [2.05, 4.69) is 55.7 Å². The second-order valence-electron chi connectivity index (χ2n) is 10.3. The van der Waals surface area contributed by atoms with Gasteiger partial charge in [0.15, 0.2) is 0 Å². The van der Waals surface area contributed by atoms with Crippen molar-refractivity contribution in [3.8, 4) is 5.75 Å². The van der Waals surface area contributed by atoms with Gasteiger partial charge in [-0.3, -0.25) is 9.59 Å². The van der Waals surface area contributed by atoms with Crippen molar-refractivity contribution in [2.24, 2.45) is 7.05 Å². The van der Waals surface area contributed by atoms with Crippen LogP contribution in [0.5, 0.6) is 5.75 Å². The summed E-state index contributed by atoms with van der Waals surface area (Å²) >= 11 is 0. The third kappa shape index (κ3) is 7.26. The number of aliphatic hydroxyl groups excluding tert-OH is 1. The Morgan fingerprint density at radius 1 is 1.12 bits per heavy atom. The Hall–Kier alpha value is -4.41. The van der Waals surface area contributed by atoms with Crippen molar-refractivity contribution in [2.75, 3.05) is 57.7 Å². The summed E-state index contributed by atoms with van der Waals surface area (Å²) in [5.74, 6) is 1.64. The molecule has 1 aliphatic heterocycles. The maximum Gasteiger partial charge on any atom is 0.256 e. The highest BCUT2D eigenvalue weighted by atomic mass is 16.5. The summed E-state index contributed by atoms with van der Waals surface area (Å²) in [5, 5.41) is 15.4. The highest BCUT2D eigenvalue weighted by molar-refractivity contribution is 6.04. The molecule has 10 nitrogen and oxygen atoms in total. The van der Waals surface area contributed by atoms with Crippen LogP contribution in [0.25, 0.3) is 10.9 Å². The van der Waals surface area contributed by atoms with E-state index in [0.29, 0.717) is 23.7 Å². The van der Waals surface area contributed by atoms with Gasteiger partial charge in [0.2, 0.25) is 6.41 Å². The third-order valence-corrected chi connectivity index (χ3v) is 7.68. The molecule has 0 atom stereocenters. The minimum absolute atomic E-state index is 0.183. The van der Waals surface area contributed by atoms with Crippen LogP contribution >= 0.6 is 0 Å². The molecular weight excluding hydrogens is 532 g/mol. The number of anilines is 3. The van der Waals surface area contributed by atoms with Crippen molar-refractivity contribution >= 4 is 40.4 Å². The van der Waals surface area contributed by atoms with Crippen molar-refractivity contribution in [1.29, 1.82) is 0 Å². The lowest BCUT2D eigenvalue weighted by molar-refractivity contribution is -0.109. The van der Waals surface area contributed by atoms with E-state index in [1.165, 1.54) is 5.56 Å². The zero-order chi connectivity index (χ0) is 30.1. The first-order chi connectivity index (χ1) is 20.4. The molecule has 0 unspecified atom stereocenters. The number of rotatable bonds is 9. The maximum atomic E-state index is 13.0. The number of benzene rings is 2. The van der Waals surface area contributed by atoms with Crippen molar-refractivity contribution < 1.29 is 19.4 Å². The predicted octanol–water partition coefficient (Wildman–Crippen LogP) is 4.14. The van der Waals surface area contributed by atoms with Gasteiger partial charge < -0.3 is 34.8 Å². The molecule has 0 bridgehead atoms. The highest BCUT2D eigenvalue weighted by Gasteiger charge is 2.20. The standard InChI is InChI=1S/C30H35N5O3.C2H5NO/c1-33-20-28(38-3)26-18-24(8-9-27(26)33)34(2)25-10-13-31-29(19-25)32-30(37)23-6-4-21(5-7-23)22-11-14-35(15-12-22)16-17-36;1-3-2-4/h4-10,13,18-20,22,36H,11-12,14-17H2,1-3H3,(H,31,32,37);2H,1H3,(H,3,4). The fraction of sp³-hybridized carbons (Fsp3) is 0.344. The van der Waals surface area contributed by atoms with E-state index in [9.17, 15) is 4.79 Å². The lowest BCUT2D eigenvalue weighted by Crippen LogP contribution is -2.34. The van der Waals surface area contributed by atoms with Gasteiger partial charge in [0, 0.05) is 68.5 Å². The Labute approximate surface area is 246 Å². The molecule has 222 valence electrons. The largest absolute Gasteiger partial charge is 0.495 e. The number of amides is 2. The summed E-state index contributed by atoms with van der Waals surface area (Å²) in [6.07, 6.45) is 6.44. The Balaban J connectivity index is 0.000000952. The molecule has 2 aromatic heterocycles. The number of likely N-dealkylation sites (tertiary alicyclic amines) is 1. The lowest BCUT2D eigenvalue weighted by Gasteiger charge is -2.31. The number of hydrogen-bond donors (Lipinski definition) is 3. The van der Waals surface area contributed by atoms with Crippen LogP contribution in [0.15, 0.2) is 67.0 Å². The van der Waals surface area contributed by atoms with Crippen molar-refractivity contribution in [3.05, 3.63) is 78.1 Å². The van der Waals surface area contributed by atoms with Crippen LogP contribution < -0.4 is 20.3 Å². The molecule has 2 aromatic carbocycles. The topological polar surface area (TPSA) is 112 Å². The van der Waals surface area contributed by atoms with E-state index in [0.717, 1.165) is 60.5 Å². The maximum absolute atomic E-state index is 13.0. The number of aromatic nitrogens is 2. The van der Waals surface area contributed by atoms with Gasteiger partial charge in [-0.2, -0.15) is 0 Å². The van der Waals surface area contributed by atoms with E-state index >= 15 is 0 Å². The van der Waals surface area contributed by atoms with Gasteiger partial charge in [-0.25, -0.2) is 4.98 Å². The second-order valence-corrected chi connectivity index (χ2v) is 10.3. The molecule has 10 heteroatoms. The SMILES string of the molecule is CNC=O.COc1cn(C)c2ccc(N(C)c3ccnc(NC(=O)c4ccc(C5CCN(CCO)CC5)cc4)c3)cc12. The number of piperidine rings is 1. The number of nitrogens with one attached hydrogen (secondary N) is 2. The number of fused-ring (bicyclic) bond motifs is 1. The van der Waals surface area contributed by atoms with E-state index in [1.54, 1.807) is 20.4 Å². The molecule has 0 saturated carbocycles. The number of aryl methyl sites for hydroxylation is 1. The summed E-state index contributed by atoms with van der Waals surface area (Å²) in [5.41, 5.74) is 4.88. The molecule has 3 heterocycles. The summed E-state index contributed by atoms with van der Waals surface area (Å²) in [4.78, 5) is 30.8. The van der Waals surface area contributed by atoms with E-state index in [1.807, 2.05) is 49.1 Å². The van der Waals surface area contributed by atoms with Crippen LogP contribution in [0.3, 0.4) is 0 Å². The quantitative estimate of drug-likeness (QED) is 0.259. The molecule has 1 aliphatic rings.